The van der Waals surface area contributed by atoms with Gasteiger partial charge in [0.1, 0.15) is 11.0 Å². The van der Waals surface area contributed by atoms with E-state index in [1.807, 2.05) is 20.8 Å². The third kappa shape index (κ3) is 3.72. The summed E-state index contributed by atoms with van der Waals surface area (Å²) in [5.74, 6) is 0. The lowest BCUT2D eigenvalue weighted by atomic mass is 10.3. The Morgan fingerprint density at radius 1 is 1.53 bits per heavy atom. The van der Waals surface area contributed by atoms with Crippen LogP contribution in [0.5, 0.6) is 0 Å². The van der Waals surface area contributed by atoms with Crippen LogP contribution in [0.4, 0.5) is 0 Å². The summed E-state index contributed by atoms with van der Waals surface area (Å²) in [6.45, 7) is 5.61. The van der Waals surface area contributed by atoms with Gasteiger partial charge in [0.05, 0.1) is 9.77 Å². The van der Waals surface area contributed by atoms with E-state index >= 15 is 0 Å². The van der Waals surface area contributed by atoms with Crippen LogP contribution in [0.15, 0.2) is 22.9 Å². The molecular weight excluding hydrogens is 232 g/mol. The first-order valence-corrected chi connectivity index (χ1v) is 5.95. The Kier molecular flexibility index (Phi) is 3.99. The molecule has 0 N–H and O–H groups in total. The molecule has 15 heavy (non-hydrogen) atoms. The molecule has 0 radical (unpaired) electrons. The minimum absolute atomic E-state index is 0.351. The van der Waals surface area contributed by atoms with Crippen LogP contribution >= 0.6 is 11.6 Å². The largest absolute Gasteiger partial charge is 0.263 e. The normalized spacial score (nSPS) is 14.4. The summed E-state index contributed by atoms with van der Waals surface area (Å²) in [6, 6.07) is 1.73. The highest BCUT2D eigenvalue weighted by atomic mass is 35.5. The number of rotatable bonds is 2. The van der Waals surface area contributed by atoms with E-state index in [-0.39, 0.29) is 4.75 Å². The highest BCUT2D eigenvalue weighted by Crippen LogP contribution is 2.14. The molecule has 1 aromatic heterocycles. The summed E-state index contributed by atoms with van der Waals surface area (Å²) in [7, 11) is -1.26. The molecule has 0 aliphatic carbocycles. The molecule has 1 atom stereocenters. The minimum Gasteiger partial charge on any atom is -0.263 e. The van der Waals surface area contributed by atoms with Gasteiger partial charge in [-0.3, -0.25) is 4.98 Å². The van der Waals surface area contributed by atoms with E-state index in [0.29, 0.717) is 5.02 Å². The maximum Gasteiger partial charge on any atom is 0.144 e. The molecule has 0 bridgehead atoms. The van der Waals surface area contributed by atoms with Gasteiger partial charge in [-0.15, -0.1) is 0 Å². The number of hydrogen-bond donors (Lipinski definition) is 0. The van der Waals surface area contributed by atoms with Crippen molar-refractivity contribution in [2.45, 2.75) is 25.5 Å². The molecule has 0 fully saturated rings. The third-order valence-electron chi connectivity index (χ3n) is 1.62. The predicted molar refractivity (Wildman–Crippen MR) is 64.7 cm³/mol. The van der Waals surface area contributed by atoms with E-state index in [2.05, 4.69) is 9.38 Å². The van der Waals surface area contributed by atoms with E-state index in [1.54, 1.807) is 12.3 Å². The maximum absolute atomic E-state index is 11.6. The van der Waals surface area contributed by atoms with Gasteiger partial charge in [0.2, 0.25) is 0 Å². The molecule has 82 valence electrons. The van der Waals surface area contributed by atoms with E-state index < -0.39 is 11.0 Å². The Bertz CT molecular complexity index is 399. The summed E-state index contributed by atoms with van der Waals surface area (Å²) in [5, 5.41) is 0.507. The number of pyridine rings is 1. The van der Waals surface area contributed by atoms with Crippen molar-refractivity contribution in [2.75, 3.05) is 0 Å². The second kappa shape index (κ2) is 4.86. The van der Waals surface area contributed by atoms with Crippen LogP contribution in [-0.4, -0.2) is 20.2 Å². The molecule has 0 aromatic carbocycles. The molecule has 0 unspecified atom stereocenters. The Hall–Kier alpha value is -0.740. The second-order valence-electron chi connectivity index (χ2n) is 3.99. The SMILES string of the molecule is CC(C)(C)[S@](=O)N=Cc1ccncc1Cl. The summed E-state index contributed by atoms with van der Waals surface area (Å²) < 4.78 is 15.2. The van der Waals surface area contributed by atoms with Crippen LogP contribution in [0.25, 0.3) is 0 Å². The number of nitrogens with zero attached hydrogens (tertiary/aromatic N) is 2. The summed E-state index contributed by atoms with van der Waals surface area (Å²) >= 11 is 5.87. The summed E-state index contributed by atoms with van der Waals surface area (Å²) in [4.78, 5) is 3.85. The molecular formula is C10H13ClN2OS. The predicted octanol–water partition coefficient (Wildman–Crippen LogP) is 2.62. The van der Waals surface area contributed by atoms with Crippen molar-refractivity contribution in [1.82, 2.24) is 4.98 Å². The van der Waals surface area contributed by atoms with Gasteiger partial charge in [-0.05, 0) is 26.8 Å². The van der Waals surface area contributed by atoms with Crippen molar-refractivity contribution in [3.05, 3.63) is 29.0 Å². The van der Waals surface area contributed by atoms with E-state index in [9.17, 15) is 4.21 Å². The molecule has 1 rings (SSSR count). The van der Waals surface area contributed by atoms with Crippen molar-refractivity contribution in [3.63, 3.8) is 0 Å². The van der Waals surface area contributed by atoms with Gasteiger partial charge in [-0.2, -0.15) is 4.40 Å². The number of halogens is 1. The molecule has 1 heterocycles. The van der Waals surface area contributed by atoms with Crippen LogP contribution in [-0.2, 0) is 11.0 Å². The Labute approximate surface area is 97.2 Å². The van der Waals surface area contributed by atoms with Crippen molar-refractivity contribution in [2.24, 2.45) is 4.40 Å². The zero-order valence-electron chi connectivity index (χ0n) is 8.90. The zero-order chi connectivity index (χ0) is 11.5. The third-order valence-corrected chi connectivity index (χ3v) is 3.28. The zero-order valence-corrected chi connectivity index (χ0v) is 10.5. The van der Waals surface area contributed by atoms with E-state index in [1.165, 1.54) is 12.4 Å². The first-order chi connectivity index (χ1) is 6.91. The van der Waals surface area contributed by atoms with Crippen molar-refractivity contribution >= 4 is 28.8 Å². The topological polar surface area (TPSA) is 42.3 Å². The minimum atomic E-state index is -1.26. The van der Waals surface area contributed by atoms with Crippen molar-refractivity contribution < 1.29 is 4.21 Å². The first-order valence-electron chi connectivity index (χ1n) is 4.47. The van der Waals surface area contributed by atoms with Crippen molar-refractivity contribution in [3.8, 4) is 0 Å². The van der Waals surface area contributed by atoms with Crippen LogP contribution in [0.2, 0.25) is 5.02 Å². The molecule has 0 aliphatic rings. The average Bonchev–Trinajstić information content (AvgIpc) is 2.14. The fourth-order valence-electron chi connectivity index (χ4n) is 0.753. The summed E-state index contributed by atoms with van der Waals surface area (Å²) in [5.41, 5.74) is 0.726. The van der Waals surface area contributed by atoms with Crippen LogP contribution in [0.1, 0.15) is 26.3 Å². The fraction of sp³-hybridized carbons (Fsp3) is 0.400. The number of hydrogen-bond acceptors (Lipinski definition) is 2. The monoisotopic (exact) mass is 244 g/mol. The quantitative estimate of drug-likeness (QED) is 0.751. The van der Waals surface area contributed by atoms with Gasteiger partial charge >= 0.3 is 0 Å². The second-order valence-corrected chi connectivity index (χ2v) is 6.33. The molecule has 3 nitrogen and oxygen atoms in total. The van der Waals surface area contributed by atoms with Gasteiger partial charge in [-0.25, -0.2) is 4.21 Å². The van der Waals surface area contributed by atoms with E-state index in [4.69, 9.17) is 11.6 Å². The average molecular weight is 245 g/mol. The highest BCUT2D eigenvalue weighted by Gasteiger charge is 2.18. The van der Waals surface area contributed by atoms with Gasteiger partial charge in [0.15, 0.2) is 0 Å². The molecule has 1 aromatic rings. The molecule has 0 saturated carbocycles. The number of aromatic nitrogens is 1. The lowest BCUT2D eigenvalue weighted by Crippen LogP contribution is -2.19. The van der Waals surface area contributed by atoms with Crippen LogP contribution < -0.4 is 0 Å². The molecule has 5 heteroatoms. The molecule has 0 aliphatic heterocycles. The van der Waals surface area contributed by atoms with Gasteiger partial charge in [0.25, 0.3) is 0 Å². The van der Waals surface area contributed by atoms with Gasteiger partial charge in [0, 0.05) is 24.2 Å². The molecule has 0 saturated heterocycles. The Morgan fingerprint density at radius 2 is 2.20 bits per heavy atom. The van der Waals surface area contributed by atoms with Gasteiger partial charge in [-0.1, -0.05) is 11.6 Å². The Balaban J connectivity index is 2.84. The smallest absolute Gasteiger partial charge is 0.144 e. The first kappa shape index (κ1) is 12.3. The van der Waals surface area contributed by atoms with Crippen molar-refractivity contribution in [1.29, 1.82) is 0 Å². The molecule has 0 spiro atoms. The highest BCUT2D eigenvalue weighted by molar-refractivity contribution is 7.85. The lowest BCUT2D eigenvalue weighted by Gasteiger charge is -2.12. The maximum atomic E-state index is 11.6. The van der Waals surface area contributed by atoms with Crippen LogP contribution in [0, 0.1) is 0 Å². The standard InChI is InChI=1S/C10H13ClN2OS/c1-10(2,3)15(14)13-6-8-4-5-12-7-9(8)11/h4-7H,1-3H3/t15-/m0/s1. The summed E-state index contributed by atoms with van der Waals surface area (Å²) in [6.07, 6.45) is 4.67. The fourth-order valence-corrected chi connectivity index (χ4v) is 1.45. The lowest BCUT2D eigenvalue weighted by molar-refractivity contribution is 0.651. The van der Waals surface area contributed by atoms with E-state index in [0.717, 1.165) is 5.56 Å². The van der Waals surface area contributed by atoms with Gasteiger partial charge < -0.3 is 0 Å². The molecule has 0 amide bonds. The Morgan fingerprint density at radius 3 is 2.73 bits per heavy atom. The van der Waals surface area contributed by atoms with Crippen LogP contribution in [0.3, 0.4) is 0 Å².